The zero-order valence-electron chi connectivity index (χ0n) is 19.1. The highest BCUT2D eigenvalue weighted by Crippen LogP contribution is 2.33. The molecule has 1 amide bonds. The first-order valence-electron chi connectivity index (χ1n) is 11.3. The number of carbonyl (C=O) groups is 1. The van der Waals surface area contributed by atoms with Crippen molar-refractivity contribution >= 4 is 56.1 Å². The lowest BCUT2D eigenvalue weighted by Crippen LogP contribution is -2.31. The Hall–Kier alpha value is -2.39. The Labute approximate surface area is 224 Å². The van der Waals surface area contributed by atoms with Crippen LogP contribution in [0.25, 0.3) is 5.57 Å². The molecule has 1 heterocycles. The summed E-state index contributed by atoms with van der Waals surface area (Å²) in [6, 6.07) is 10.7. The van der Waals surface area contributed by atoms with E-state index in [1.807, 2.05) is 0 Å². The minimum absolute atomic E-state index is 0.0287. The molecule has 0 aliphatic heterocycles. The molecule has 0 fully saturated rings. The van der Waals surface area contributed by atoms with Gasteiger partial charge < -0.3 is 5.32 Å². The van der Waals surface area contributed by atoms with Gasteiger partial charge in [0.05, 0.1) is 29.9 Å². The highest BCUT2D eigenvalue weighted by atomic mass is 35.5. The third-order valence-corrected chi connectivity index (χ3v) is 8.39. The number of rotatable bonds is 7. The Morgan fingerprint density at radius 1 is 1.03 bits per heavy atom. The van der Waals surface area contributed by atoms with Crippen LogP contribution >= 0.6 is 34.8 Å². The summed E-state index contributed by atoms with van der Waals surface area (Å²) in [6.45, 7) is -0.0928. The van der Waals surface area contributed by atoms with Crippen LogP contribution in [-0.4, -0.2) is 36.4 Å². The van der Waals surface area contributed by atoms with Gasteiger partial charge in [-0.05, 0) is 73.2 Å². The summed E-state index contributed by atoms with van der Waals surface area (Å²) in [6.07, 6.45) is 4.61. The molecule has 36 heavy (non-hydrogen) atoms. The molecule has 1 N–H and O–H groups in total. The van der Waals surface area contributed by atoms with Crippen LogP contribution in [0.4, 0.5) is 4.39 Å². The van der Waals surface area contributed by atoms with Crippen LogP contribution in [0.3, 0.4) is 0 Å². The first kappa shape index (κ1) is 26.7. The Bertz CT molecular complexity index is 1420. The van der Waals surface area contributed by atoms with Crippen LogP contribution < -0.4 is 5.32 Å². The van der Waals surface area contributed by atoms with Gasteiger partial charge in [-0.2, -0.15) is 5.10 Å². The summed E-state index contributed by atoms with van der Waals surface area (Å²) in [5.74, 6) is -2.12. The van der Waals surface area contributed by atoms with E-state index in [0.717, 1.165) is 30.4 Å². The van der Waals surface area contributed by atoms with E-state index in [-0.39, 0.29) is 4.90 Å². The lowest BCUT2D eigenvalue weighted by Gasteiger charge is -2.14. The minimum atomic E-state index is -3.89. The molecule has 0 unspecified atom stereocenters. The van der Waals surface area contributed by atoms with E-state index in [0.29, 0.717) is 39.3 Å². The van der Waals surface area contributed by atoms with Crippen molar-refractivity contribution in [3.8, 4) is 0 Å². The number of benzene rings is 2. The van der Waals surface area contributed by atoms with Crippen molar-refractivity contribution in [2.75, 3.05) is 12.3 Å². The van der Waals surface area contributed by atoms with Gasteiger partial charge in [0.1, 0.15) is 11.6 Å². The normalized spacial score (nSPS) is 15.2. The van der Waals surface area contributed by atoms with Crippen LogP contribution in [0, 0.1) is 0 Å². The number of hydrogen-bond acceptors (Lipinski definition) is 4. The molecule has 0 spiro atoms. The Morgan fingerprint density at radius 2 is 1.72 bits per heavy atom. The van der Waals surface area contributed by atoms with E-state index < -0.39 is 33.9 Å². The topological polar surface area (TPSA) is 81.1 Å². The fraction of sp³-hybridized carbons (Fsp3) is 0.280. The van der Waals surface area contributed by atoms with Crippen molar-refractivity contribution < 1.29 is 17.6 Å². The van der Waals surface area contributed by atoms with E-state index in [4.69, 9.17) is 34.8 Å². The second kappa shape index (κ2) is 11.3. The van der Waals surface area contributed by atoms with Crippen molar-refractivity contribution in [2.24, 2.45) is 0 Å². The van der Waals surface area contributed by atoms with Gasteiger partial charge in [0, 0.05) is 20.6 Å². The van der Waals surface area contributed by atoms with E-state index >= 15 is 4.39 Å². The maximum absolute atomic E-state index is 15.5. The quantitative estimate of drug-likeness (QED) is 0.359. The number of allylic oxidation sites excluding steroid dienone is 1. The van der Waals surface area contributed by atoms with E-state index in [1.54, 1.807) is 29.1 Å². The van der Waals surface area contributed by atoms with Crippen LogP contribution in [0.15, 0.2) is 59.4 Å². The molecule has 0 bridgehead atoms. The predicted molar refractivity (Wildman–Crippen MR) is 140 cm³/mol. The fourth-order valence-electron chi connectivity index (χ4n) is 4.12. The maximum atomic E-state index is 15.5. The second-order valence-electron chi connectivity index (χ2n) is 8.49. The number of fused-ring (bicyclic) bond motifs is 1. The van der Waals surface area contributed by atoms with Crippen molar-refractivity contribution in [3.63, 3.8) is 0 Å². The van der Waals surface area contributed by atoms with E-state index in [1.165, 1.54) is 24.3 Å². The molecule has 0 radical (unpaired) electrons. The lowest BCUT2D eigenvalue weighted by molar-refractivity contribution is -0.118. The van der Waals surface area contributed by atoms with Crippen LogP contribution in [0.1, 0.15) is 36.1 Å². The molecule has 6 nitrogen and oxygen atoms in total. The third-order valence-electron chi connectivity index (χ3n) is 5.92. The zero-order chi connectivity index (χ0) is 25.9. The minimum Gasteiger partial charge on any atom is -0.349 e. The van der Waals surface area contributed by atoms with Crippen LogP contribution in [0.5, 0.6) is 0 Å². The van der Waals surface area contributed by atoms with Crippen molar-refractivity contribution in [1.82, 2.24) is 15.1 Å². The van der Waals surface area contributed by atoms with Crippen LogP contribution in [-0.2, 0) is 27.6 Å². The molecule has 190 valence electrons. The van der Waals surface area contributed by atoms with Crippen molar-refractivity contribution in [2.45, 2.75) is 37.1 Å². The van der Waals surface area contributed by atoms with Gasteiger partial charge in [0.2, 0.25) is 5.91 Å². The van der Waals surface area contributed by atoms with E-state index in [9.17, 15) is 13.2 Å². The summed E-state index contributed by atoms with van der Waals surface area (Å²) in [7, 11) is -3.89. The zero-order valence-corrected chi connectivity index (χ0v) is 22.2. The average Bonchev–Trinajstić information content (AvgIpc) is 3.08. The molecule has 0 atom stereocenters. The third kappa shape index (κ3) is 6.29. The van der Waals surface area contributed by atoms with E-state index in [2.05, 4.69) is 10.4 Å². The molecular weight excluding hydrogens is 548 g/mol. The molecule has 1 aliphatic carbocycles. The van der Waals surface area contributed by atoms with Crippen molar-refractivity contribution in [3.05, 3.63) is 86.4 Å². The molecule has 3 aromatic rings. The number of amides is 1. The smallest absolute Gasteiger partial charge is 0.235 e. The first-order chi connectivity index (χ1) is 17.1. The van der Waals surface area contributed by atoms with Gasteiger partial charge in [-0.3, -0.25) is 9.48 Å². The molecule has 1 aromatic heterocycles. The largest absolute Gasteiger partial charge is 0.349 e. The molecule has 0 saturated carbocycles. The van der Waals surface area contributed by atoms with Gasteiger partial charge in [0.25, 0.3) is 0 Å². The summed E-state index contributed by atoms with van der Waals surface area (Å²) >= 11 is 18.1. The highest BCUT2D eigenvalue weighted by Gasteiger charge is 2.24. The molecule has 11 heteroatoms. The van der Waals surface area contributed by atoms with Gasteiger partial charge in [-0.15, -0.1) is 0 Å². The van der Waals surface area contributed by atoms with Gasteiger partial charge in [-0.25, -0.2) is 12.8 Å². The van der Waals surface area contributed by atoms with Gasteiger partial charge >= 0.3 is 0 Å². The number of nitrogens with zero attached hydrogens (tertiary/aromatic N) is 2. The van der Waals surface area contributed by atoms with Gasteiger partial charge in [-0.1, -0.05) is 40.9 Å². The lowest BCUT2D eigenvalue weighted by atomic mass is 10.0. The van der Waals surface area contributed by atoms with Gasteiger partial charge in [0.15, 0.2) is 9.84 Å². The molecular formula is C25H23Cl3FN3O3S. The summed E-state index contributed by atoms with van der Waals surface area (Å²) in [4.78, 5) is 12.3. The maximum Gasteiger partial charge on any atom is 0.235 e. The van der Waals surface area contributed by atoms with Crippen LogP contribution in [0.2, 0.25) is 15.1 Å². The average molecular weight is 571 g/mol. The number of aromatic nitrogens is 2. The number of carbonyl (C=O) groups excluding carboxylic acids is 1. The first-order valence-corrected chi connectivity index (χ1v) is 14.0. The molecule has 4 rings (SSSR count). The SMILES string of the molecule is O=C(CS(=O)(=O)c1ccc(Cl)cc1)NC/C(F)=C1\CCCCc2cnn(Cc3ccc(Cl)cc3Cl)c21. The standard InChI is InChI=1S/C25H23Cl3FN3O3S/c26-18-7-9-20(10-8-18)36(34,35)15-24(33)30-13-23(29)21-4-2-1-3-16-12-31-32(25(16)21)14-17-5-6-19(27)11-22(17)28/h5-12H,1-4,13-15H2,(H,30,33)/b23-21-. The number of nitrogens with one attached hydrogen (secondary N) is 1. The predicted octanol–water partition coefficient (Wildman–Crippen LogP) is 5.89. The number of aryl methyl sites for hydroxylation is 1. The molecule has 0 saturated heterocycles. The fourth-order valence-corrected chi connectivity index (χ4v) is 5.88. The summed E-state index contributed by atoms with van der Waals surface area (Å²) in [5.41, 5.74) is 2.82. The number of sulfone groups is 1. The Balaban J connectivity index is 1.52. The Morgan fingerprint density at radius 3 is 2.44 bits per heavy atom. The second-order valence-corrected chi connectivity index (χ2v) is 11.8. The number of halogens is 4. The molecule has 2 aromatic carbocycles. The highest BCUT2D eigenvalue weighted by molar-refractivity contribution is 7.92. The Kier molecular flexibility index (Phi) is 8.40. The summed E-state index contributed by atoms with van der Waals surface area (Å²) < 4.78 is 42.2. The monoisotopic (exact) mass is 569 g/mol. The summed E-state index contributed by atoms with van der Waals surface area (Å²) in [5, 5.41) is 8.25. The van der Waals surface area contributed by atoms with Crippen molar-refractivity contribution in [1.29, 1.82) is 0 Å². The number of hydrogen-bond donors (Lipinski definition) is 1. The molecule has 1 aliphatic rings.